The Bertz CT molecular complexity index is 577. The van der Waals surface area contributed by atoms with Crippen LogP contribution < -0.4 is 10.1 Å². The van der Waals surface area contributed by atoms with Crippen LogP contribution in [0.25, 0.3) is 0 Å². The van der Waals surface area contributed by atoms with Crippen LogP contribution in [0.3, 0.4) is 0 Å². The van der Waals surface area contributed by atoms with Crippen molar-refractivity contribution in [2.24, 2.45) is 0 Å². The van der Waals surface area contributed by atoms with E-state index in [0.717, 1.165) is 18.2 Å². The molecule has 0 atom stereocenters. The Hall–Kier alpha value is -2.64. The fourth-order valence-electron chi connectivity index (χ4n) is 1.52. The van der Waals surface area contributed by atoms with Gasteiger partial charge in [0.25, 0.3) is 11.6 Å². The van der Waals surface area contributed by atoms with E-state index in [-0.39, 0.29) is 23.6 Å². The number of amides is 1. The number of carboxylic acid groups (broad SMARTS) is 1. The Labute approximate surface area is 120 Å². The number of aromatic carboxylic acids is 1. The number of nitrogens with zero attached hydrogens (tertiary/aromatic N) is 1. The first kappa shape index (κ1) is 16.4. The predicted molar refractivity (Wildman–Crippen MR) is 73.4 cm³/mol. The summed E-state index contributed by atoms with van der Waals surface area (Å²) >= 11 is 0. The second kappa shape index (κ2) is 6.21. The highest BCUT2D eigenvalue weighted by Crippen LogP contribution is 2.24. The van der Waals surface area contributed by atoms with Crippen molar-refractivity contribution in [1.82, 2.24) is 5.32 Å². The third-order valence-corrected chi connectivity index (χ3v) is 2.28. The summed E-state index contributed by atoms with van der Waals surface area (Å²) in [5.74, 6) is -1.89. The van der Waals surface area contributed by atoms with Crippen LogP contribution in [0.5, 0.6) is 5.75 Å². The van der Waals surface area contributed by atoms with Gasteiger partial charge in [0.15, 0.2) is 6.61 Å². The van der Waals surface area contributed by atoms with Crippen molar-refractivity contribution in [3.8, 4) is 5.75 Å². The Kier molecular flexibility index (Phi) is 4.85. The van der Waals surface area contributed by atoms with Crippen LogP contribution in [0.4, 0.5) is 5.69 Å². The number of ether oxygens (including phenoxy) is 1. The van der Waals surface area contributed by atoms with E-state index in [0.29, 0.717) is 0 Å². The summed E-state index contributed by atoms with van der Waals surface area (Å²) in [7, 11) is 0. The number of hydrogen-bond donors (Lipinski definition) is 2. The van der Waals surface area contributed by atoms with Gasteiger partial charge in [0.05, 0.1) is 4.92 Å². The molecule has 0 fully saturated rings. The molecule has 1 rings (SSSR count). The molecule has 0 radical (unpaired) electrons. The Balaban J connectivity index is 2.86. The van der Waals surface area contributed by atoms with Gasteiger partial charge in [-0.3, -0.25) is 14.9 Å². The molecule has 1 amide bonds. The number of hydrogen-bond acceptors (Lipinski definition) is 5. The van der Waals surface area contributed by atoms with E-state index in [2.05, 4.69) is 5.32 Å². The maximum Gasteiger partial charge on any atom is 0.339 e. The summed E-state index contributed by atoms with van der Waals surface area (Å²) in [4.78, 5) is 32.6. The minimum Gasteiger partial charge on any atom is -0.483 e. The molecule has 8 heteroatoms. The first-order valence-corrected chi connectivity index (χ1v) is 6.05. The van der Waals surface area contributed by atoms with Crippen molar-refractivity contribution < 1.29 is 24.4 Å². The maximum absolute atomic E-state index is 11.6. The van der Waals surface area contributed by atoms with Crippen LogP contribution in [0, 0.1) is 10.1 Å². The van der Waals surface area contributed by atoms with E-state index in [1.165, 1.54) is 0 Å². The smallest absolute Gasteiger partial charge is 0.339 e. The van der Waals surface area contributed by atoms with E-state index in [1.807, 2.05) is 0 Å². The fraction of sp³-hybridized carbons (Fsp3) is 0.385. The molecule has 0 unspecified atom stereocenters. The zero-order valence-electron chi connectivity index (χ0n) is 11.9. The molecule has 114 valence electrons. The molecule has 0 saturated carbocycles. The van der Waals surface area contributed by atoms with E-state index in [1.54, 1.807) is 20.8 Å². The number of rotatable bonds is 5. The molecule has 2 N–H and O–H groups in total. The average molecular weight is 296 g/mol. The van der Waals surface area contributed by atoms with Gasteiger partial charge in [-0.1, -0.05) is 0 Å². The van der Waals surface area contributed by atoms with Gasteiger partial charge in [0.1, 0.15) is 11.3 Å². The first-order valence-electron chi connectivity index (χ1n) is 6.05. The lowest BCUT2D eigenvalue weighted by Crippen LogP contribution is -2.43. The van der Waals surface area contributed by atoms with E-state index >= 15 is 0 Å². The summed E-state index contributed by atoms with van der Waals surface area (Å²) in [6.07, 6.45) is 0. The zero-order valence-corrected chi connectivity index (χ0v) is 11.9. The minimum atomic E-state index is -1.37. The molecule has 8 nitrogen and oxygen atoms in total. The zero-order chi connectivity index (χ0) is 16.2. The topological polar surface area (TPSA) is 119 Å². The number of carbonyl (C=O) groups is 2. The molecular formula is C13H16N2O6. The summed E-state index contributed by atoms with van der Waals surface area (Å²) in [6.45, 7) is 4.99. The second-order valence-corrected chi connectivity index (χ2v) is 5.33. The molecule has 0 aliphatic heterocycles. The number of carbonyl (C=O) groups excluding carboxylic acids is 1. The lowest BCUT2D eigenvalue weighted by Gasteiger charge is -2.20. The highest BCUT2D eigenvalue weighted by molar-refractivity contribution is 5.92. The van der Waals surface area contributed by atoms with Gasteiger partial charge in [0, 0.05) is 17.7 Å². The van der Waals surface area contributed by atoms with Crippen molar-refractivity contribution >= 4 is 17.6 Å². The molecule has 0 saturated heterocycles. The van der Waals surface area contributed by atoms with Crippen molar-refractivity contribution in [3.63, 3.8) is 0 Å². The normalized spacial score (nSPS) is 10.8. The van der Waals surface area contributed by atoms with Gasteiger partial charge in [-0.25, -0.2) is 4.79 Å². The maximum atomic E-state index is 11.6. The molecule has 1 aromatic rings. The first-order chi connectivity index (χ1) is 9.60. The quantitative estimate of drug-likeness (QED) is 0.629. The van der Waals surface area contributed by atoms with Crippen molar-refractivity contribution in [2.75, 3.05) is 6.61 Å². The number of nitrogens with one attached hydrogen (secondary N) is 1. The number of non-ortho nitro benzene ring substituents is 1. The molecule has 0 aliphatic carbocycles. The molecule has 1 aromatic carbocycles. The van der Waals surface area contributed by atoms with Gasteiger partial charge in [-0.15, -0.1) is 0 Å². The standard InChI is InChI=1S/C13H16N2O6/c1-13(2,3)14-11(16)7-21-10-5-4-8(15(19)20)6-9(10)12(17)18/h4-6H,7H2,1-3H3,(H,14,16)(H,17,18). The van der Waals surface area contributed by atoms with Gasteiger partial charge in [-0.2, -0.15) is 0 Å². The molecule has 0 heterocycles. The van der Waals surface area contributed by atoms with Crippen molar-refractivity contribution in [2.45, 2.75) is 26.3 Å². The van der Waals surface area contributed by atoms with E-state index in [4.69, 9.17) is 9.84 Å². The summed E-state index contributed by atoms with van der Waals surface area (Å²) in [6, 6.07) is 3.16. The minimum absolute atomic E-state index is 0.0999. The highest BCUT2D eigenvalue weighted by atomic mass is 16.6. The molecule has 0 aliphatic rings. The SMILES string of the molecule is CC(C)(C)NC(=O)COc1ccc([N+](=O)[O-])cc1C(=O)O. The predicted octanol–water partition coefficient (Wildman–Crippen LogP) is 1.59. The van der Waals surface area contributed by atoms with Gasteiger partial charge < -0.3 is 15.2 Å². The summed E-state index contributed by atoms with van der Waals surface area (Å²) in [5.41, 5.74) is -1.17. The number of carboxylic acids is 1. The van der Waals surface area contributed by atoms with Gasteiger partial charge >= 0.3 is 5.97 Å². The molecule has 0 bridgehead atoms. The summed E-state index contributed by atoms with van der Waals surface area (Å²) < 4.78 is 5.13. The van der Waals surface area contributed by atoms with Crippen molar-refractivity contribution in [1.29, 1.82) is 0 Å². The van der Waals surface area contributed by atoms with E-state index in [9.17, 15) is 19.7 Å². The van der Waals surface area contributed by atoms with Crippen LogP contribution in [0.1, 0.15) is 31.1 Å². The van der Waals surface area contributed by atoms with Crippen LogP contribution in [-0.2, 0) is 4.79 Å². The monoisotopic (exact) mass is 296 g/mol. The third kappa shape index (κ3) is 5.09. The summed E-state index contributed by atoms with van der Waals surface area (Å²) in [5, 5.41) is 22.3. The Morgan fingerprint density at radius 2 is 2.00 bits per heavy atom. The van der Waals surface area contributed by atoms with Crippen LogP contribution in [0.15, 0.2) is 18.2 Å². The second-order valence-electron chi connectivity index (χ2n) is 5.33. The lowest BCUT2D eigenvalue weighted by atomic mass is 10.1. The van der Waals surface area contributed by atoms with Crippen molar-refractivity contribution in [3.05, 3.63) is 33.9 Å². The van der Waals surface area contributed by atoms with Crippen LogP contribution in [0.2, 0.25) is 0 Å². The lowest BCUT2D eigenvalue weighted by molar-refractivity contribution is -0.384. The highest BCUT2D eigenvalue weighted by Gasteiger charge is 2.19. The van der Waals surface area contributed by atoms with Gasteiger partial charge in [-0.05, 0) is 26.8 Å². The number of benzene rings is 1. The average Bonchev–Trinajstić information content (AvgIpc) is 2.33. The third-order valence-electron chi connectivity index (χ3n) is 2.28. The fourth-order valence-corrected chi connectivity index (χ4v) is 1.52. The Morgan fingerprint density at radius 1 is 1.38 bits per heavy atom. The number of nitro groups is 1. The molecule has 0 spiro atoms. The van der Waals surface area contributed by atoms with Crippen LogP contribution >= 0.6 is 0 Å². The largest absolute Gasteiger partial charge is 0.483 e. The molecular weight excluding hydrogens is 280 g/mol. The van der Waals surface area contributed by atoms with Crippen LogP contribution in [-0.4, -0.2) is 34.1 Å². The van der Waals surface area contributed by atoms with E-state index < -0.39 is 22.3 Å². The molecule has 0 aromatic heterocycles. The molecule has 21 heavy (non-hydrogen) atoms. The number of nitro benzene ring substituents is 1. The Morgan fingerprint density at radius 3 is 2.48 bits per heavy atom. The van der Waals surface area contributed by atoms with Gasteiger partial charge in [0.2, 0.25) is 0 Å².